The first kappa shape index (κ1) is 87.2. The van der Waals surface area contributed by atoms with Crippen molar-refractivity contribution in [1.82, 2.24) is 49.4 Å². The van der Waals surface area contributed by atoms with Crippen LogP contribution in [0.2, 0.25) is 0 Å². The first-order valence-corrected chi connectivity index (χ1v) is 48.9. The SMILES string of the molecule is c1ccc(-c2cccc(-c3nc(-c4ccc(-c5cc6ccccc6o5)cc4)nc(-c4ccc(-n5c6ccccc6c6ccccc65)cc4)n3)c2)cc1.c1ccc(-c2cccc(-c3nc(-c4ccc(-c5cc6ccccc6o5)cc4)nc(-c4ccccc4-c4ccccc4)n3)c2)cc1.c1ccc(-c2ccccc2-c2nc(-c3ccc(-c4cc5ccccc5o4)cc3)nc(-c3ccc4oc5cc6ccccc6cc5c4c3)n2)cc1. The lowest BCUT2D eigenvalue weighted by Gasteiger charge is -2.12. The van der Waals surface area contributed by atoms with Crippen LogP contribution in [0.1, 0.15) is 0 Å². The molecule has 0 unspecified atom stereocenters. The lowest BCUT2D eigenvalue weighted by atomic mass is 9.99. The molecule has 0 bridgehead atoms. The van der Waals surface area contributed by atoms with Crippen molar-refractivity contribution in [2.24, 2.45) is 0 Å². The summed E-state index contributed by atoms with van der Waals surface area (Å²) in [6, 6.07) is 174. The first-order chi connectivity index (χ1) is 72.8. The predicted molar refractivity (Wildman–Crippen MR) is 595 cm³/mol. The number of fused-ring (bicyclic) bond motifs is 10. The van der Waals surface area contributed by atoms with Crippen LogP contribution in [-0.4, -0.2) is 49.4 Å². The Morgan fingerprint density at radius 1 is 0.136 bits per heavy atom. The van der Waals surface area contributed by atoms with Crippen molar-refractivity contribution in [3.63, 3.8) is 0 Å². The van der Waals surface area contributed by atoms with Gasteiger partial charge in [-0.3, -0.25) is 0 Å². The second-order valence-electron chi connectivity index (χ2n) is 36.2. The highest BCUT2D eigenvalue weighted by Gasteiger charge is 2.24. The van der Waals surface area contributed by atoms with Crippen molar-refractivity contribution in [1.29, 1.82) is 0 Å². The van der Waals surface area contributed by atoms with Crippen LogP contribution in [0.5, 0.6) is 0 Å². The molecule has 8 aromatic heterocycles. The molecule has 0 fully saturated rings. The molecule has 28 rings (SSSR count). The summed E-state index contributed by atoms with van der Waals surface area (Å²) in [7, 11) is 0. The quantitative estimate of drug-likeness (QED) is 0.0843. The first-order valence-electron chi connectivity index (χ1n) is 48.9. The highest BCUT2D eigenvalue weighted by molar-refractivity contribution is 6.12. The molecule has 20 aromatic carbocycles. The van der Waals surface area contributed by atoms with E-state index in [0.29, 0.717) is 52.4 Å². The second-order valence-corrected chi connectivity index (χ2v) is 36.2. The molecule has 0 saturated heterocycles. The van der Waals surface area contributed by atoms with Crippen molar-refractivity contribution < 1.29 is 17.7 Å². The lowest BCUT2D eigenvalue weighted by Crippen LogP contribution is -2.01. The number of benzene rings is 20. The Morgan fingerprint density at radius 3 is 0.810 bits per heavy atom. The van der Waals surface area contributed by atoms with Crippen LogP contribution in [0, 0.1) is 0 Å². The van der Waals surface area contributed by atoms with Gasteiger partial charge in [-0.1, -0.05) is 394 Å². The molecule has 0 N–H and O–H groups in total. The van der Waals surface area contributed by atoms with E-state index in [-0.39, 0.29) is 0 Å². The molecule has 0 radical (unpaired) electrons. The van der Waals surface area contributed by atoms with Gasteiger partial charge in [0.05, 0.1) is 11.0 Å². The Hall–Kier alpha value is -20.1. The monoisotopic (exact) mass is 1880 g/mol. The van der Waals surface area contributed by atoms with E-state index in [0.717, 1.165) is 194 Å². The van der Waals surface area contributed by atoms with Gasteiger partial charge in [0.1, 0.15) is 45.2 Å². The van der Waals surface area contributed by atoms with Gasteiger partial charge in [-0.15, -0.1) is 0 Å². The van der Waals surface area contributed by atoms with Gasteiger partial charge in [0.15, 0.2) is 52.4 Å². The third-order valence-electron chi connectivity index (χ3n) is 27.0. The maximum atomic E-state index is 6.31. The fourth-order valence-corrected chi connectivity index (χ4v) is 19.6. The molecule has 0 atom stereocenters. The normalized spacial score (nSPS) is 11.4. The van der Waals surface area contributed by atoms with Gasteiger partial charge in [-0.05, 0) is 171 Å². The van der Waals surface area contributed by atoms with Gasteiger partial charge in [-0.25, -0.2) is 44.9 Å². The van der Waals surface area contributed by atoms with E-state index in [1.54, 1.807) is 0 Å². The molecule has 0 aliphatic heterocycles. The second kappa shape index (κ2) is 38.2. The summed E-state index contributed by atoms with van der Waals surface area (Å²) in [5, 5.41) is 10.1. The molecule has 14 heteroatoms. The van der Waals surface area contributed by atoms with E-state index in [4.69, 9.17) is 62.5 Å². The van der Waals surface area contributed by atoms with Gasteiger partial charge in [0, 0.05) is 110 Å². The largest absolute Gasteiger partial charge is 0.456 e. The Morgan fingerprint density at radius 2 is 0.415 bits per heavy atom. The van der Waals surface area contributed by atoms with Gasteiger partial charge >= 0.3 is 0 Å². The number of rotatable bonds is 17. The molecule has 0 aliphatic carbocycles. The smallest absolute Gasteiger partial charge is 0.164 e. The van der Waals surface area contributed by atoms with Crippen LogP contribution >= 0.6 is 0 Å². The van der Waals surface area contributed by atoms with Crippen molar-refractivity contribution >= 4 is 87.4 Å². The number of hydrogen-bond acceptors (Lipinski definition) is 13. The Labute approximate surface area is 845 Å². The van der Waals surface area contributed by atoms with Gasteiger partial charge in [0.25, 0.3) is 0 Å². The minimum atomic E-state index is 0.589. The van der Waals surface area contributed by atoms with E-state index in [9.17, 15) is 0 Å². The Balaban J connectivity index is 0.000000112. The number of aromatic nitrogens is 10. The van der Waals surface area contributed by atoms with E-state index in [2.05, 4.69) is 375 Å². The zero-order valence-corrected chi connectivity index (χ0v) is 79.1. The number of hydrogen-bond donors (Lipinski definition) is 0. The van der Waals surface area contributed by atoms with E-state index in [1.807, 2.05) is 140 Å². The molecule has 28 aromatic rings. The summed E-state index contributed by atoms with van der Waals surface area (Å²) in [4.78, 5) is 45.6. The number of furan rings is 4. The van der Waals surface area contributed by atoms with Gasteiger partial charge < -0.3 is 22.2 Å². The summed E-state index contributed by atoms with van der Waals surface area (Å²) in [6.45, 7) is 0. The van der Waals surface area contributed by atoms with Crippen molar-refractivity contribution in [3.05, 3.63) is 510 Å². The van der Waals surface area contributed by atoms with Gasteiger partial charge in [-0.2, -0.15) is 0 Å². The molecule has 690 valence electrons. The average Bonchev–Trinajstić information content (AvgIpc) is 1.59. The highest BCUT2D eigenvalue weighted by atomic mass is 16.3. The summed E-state index contributed by atoms with van der Waals surface area (Å²) >= 11 is 0. The summed E-state index contributed by atoms with van der Waals surface area (Å²) in [5.74, 6) is 7.95. The third kappa shape index (κ3) is 17.4. The van der Waals surface area contributed by atoms with Crippen LogP contribution in [0.15, 0.2) is 527 Å². The molecule has 0 aliphatic rings. The molecule has 0 saturated carbocycles. The Bertz CT molecular complexity index is 9640. The maximum absolute atomic E-state index is 6.31. The molecular weight excluding hydrogens is 1800 g/mol. The molecular formula is C133H84N10O4. The van der Waals surface area contributed by atoms with Crippen LogP contribution in [0.25, 0.3) is 274 Å². The van der Waals surface area contributed by atoms with Crippen LogP contribution in [0.4, 0.5) is 0 Å². The topological polar surface area (TPSA) is 173 Å². The lowest BCUT2D eigenvalue weighted by molar-refractivity contribution is 0.631. The number of para-hydroxylation sites is 5. The van der Waals surface area contributed by atoms with Crippen LogP contribution in [0.3, 0.4) is 0 Å². The zero-order valence-electron chi connectivity index (χ0n) is 79.1. The molecule has 0 amide bonds. The fourth-order valence-electron chi connectivity index (χ4n) is 19.6. The molecule has 0 spiro atoms. The van der Waals surface area contributed by atoms with Gasteiger partial charge in [0.2, 0.25) is 0 Å². The number of nitrogens with zero attached hydrogens (tertiary/aromatic N) is 10. The summed E-state index contributed by atoms with van der Waals surface area (Å²) in [5.41, 5.74) is 27.7. The standard InChI is InChI=1S/C47H30N4O.C45H27N3O2.C41H27N3O/c1-2-11-31(12-3-1)35-14-10-15-37(29-35)47-49-45(33-23-21-32(22-24-33)44-30-36-13-4-9-20-43(36)52-44)48-46(50-47)34-25-27-38(28-26-34)51-41-18-7-5-16-39(41)40-17-6-8-19-42(40)51;1-2-10-28(11-3-1)35-15-7-8-16-36(35)45-47-43(30-20-18-29(19-21-30)41-27-33-14-6-9-17-39(33)49-41)46-44(48-45)34-22-23-40-37(25-34)38-24-31-12-4-5-13-32(31)26-42(38)50-40;1-3-12-28(13-4-1)32-17-11-18-34(26-32)40-42-39(31-24-22-30(23-25-31)38-27-33-16-7-10-21-37(33)45-38)43-41(44-40)36-20-9-8-19-35(36)29-14-5-2-6-15-29/h1-30H;1-27H;1-27H. The van der Waals surface area contributed by atoms with Crippen molar-refractivity contribution in [3.8, 4) is 187 Å². The molecule has 14 nitrogen and oxygen atoms in total. The van der Waals surface area contributed by atoms with Crippen LogP contribution in [-0.2, 0) is 0 Å². The third-order valence-corrected chi connectivity index (χ3v) is 27.0. The average molecular weight is 1890 g/mol. The fraction of sp³-hybridized carbons (Fsp3) is 0. The summed E-state index contributed by atoms with van der Waals surface area (Å²) in [6.07, 6.45) is 0. The van der Waals surface area contributed by atoms with Crippen LogP contribution < -0.4 is 0 Å². The molecule has 8 heterocycles. The van der Waals surface area contributed by atoms with E-state index in [1.165, 1.54) is 27.2 Å². The van der Waals surface area contributed by atoms with Crippen molar-refractivity contribution in [2.45, 2.75) is 0 Å². The Kier molecular flexibility index (Phi) is 22.6. The minimum Gasteiger partial charge on any atom is -0.456 e. The minimum absolute atomic E-state index is 0.589. The maximum Gasteiger partial charge on any atom is 0.164 e. The molecule has 147 heavy (non-hydrogen) atoms. The van der Waals surface area contributed by atoms with E-state index < -0.39 is 0 Å². The van der Waals surface area contributed by atoms with Crippen molar-refractivity contribution in [2.75, 3.05) is 0 Å². The summed E-state index contributed by atoms with van der Waals surface area (Å²) < 4.78 is 27.0. The predicted octanol–water partition coefficient (Wildman–Crippen LogP) is 34.7. The highest BCUT2D eigenvalue weighted by Crippen LogP contribution is 2.43. The zero-order chi connectivity index (χ0) is 97.5. The van der Waals surface area contributed by atoms with E-state index >= 15 is 0 Å².